The fourth-order valence-electron chi connectivity index (χ4n) is 2.06. The molecule has 1 fully saturated rings. The SMILES string of the molecule is CN(CC(=O)N1CCCC1)Cc1ccc(Cl)nn1. The van der Waals surface area contributed by atoms with E-state index in [4.69, 9.17) is 11.6 Å². The molecule has 1 aliphatic heterocycles. The van der Waals surface area contributed by atoms with Crippen LogP contribution in [-0.4, -0.2) is 52.6 Å². The zero-order valence-electron chi connectivity index (χ0n) is 10.5. The second-order valence-corrected chi connectivity index (χ2v) is 4.99. The maximum Gasteiger partial charge on any atom is 0.236 e. The van der Waals surface area contributed by atoms with Crippen LogP contribution in [0.25, 0.3) is 0 Å². The molecule has 6 heteroatoms. The molecule has 0 unspecified atom stereocenters. The number of likely N-dealkylation sites (N-methyl/N-ethyl adjacent to an activating group) is 1. The van der Waals surface area contributed by atoms with Crippen molar-refractivity contribution in [3.63, 3.8) is 0 Å². The summed E-state index contributed by atoms with van der Waals surface area (Å²) in [5, 5.41) is 8.14. The van der Waals surface area contributed by atoms with E-state index < -0.39 is 0 Å². The topological polar surface area (TPSA) is 49.3 Å². The Morgan fingerprint density at radius 1 is 1.39 bits per heavy atom. The molecule has 5 nitrogen and oxygen atoms in total. The van der Waals surface area contributed by atoms with E-state index in [9.17, 15) is 4.79 Å². The number of aromatic nitrogens is 2. The predicted octanol–water partition coefficient (Wildman–Crippen LogP) is 1.18. The molecule has 1 saturated heterocycles. The summed E-state index contributed by atoms with van der Waals surface area (Å²) in [6, 6.07) is 3.53. The lowest BCUT2D eigenvalue weighted by Crippen LogP contribution is -2.37. The molecule has 2 heterocycles. The van der Waals surface area contributed by atoms with Crippen molar-refractivity contribution >= 4 is 17.5 Å². The molecule has 0 aromatic carbocycles. The van der Waals surface area contributed by atoms with Gasteiger partial charge in [0.15, 0.2) is 5.15 Å². The van der Waals surface area contributed by atoms with Crippen LogP contribution in [0.2, 0.25) is 5.15 Å². The number of carbonyl (C=O) groups is 1. The standard InChI is InChI=1S/C12H17ClN4O/c1-16(8-10-4-5-11(13)15-14-10)9-12(18)17-6-2-3-7-17/h4-5H,2-3,6-9H2,1H3. The smallest absolute Gasteiger partial charge is 0.236 e. The van der Waals surface area contributed by atoms with Crippen LogP contribution in [0.5, 0.6) is 0 Å². The first-order chi connectivity index (χ1) is 8.65. The molecule has 0 spiro atoms. The van der Waals surface area contributed by atoms with Gasteiger partial charge in [-0.25, -0.2) is 0 Å². The lowest BCUT2D eigenvalue weighted by atomic mass is 10.3. The van der Waals surface area contributed by atoms with E-state index in [1.54, 1.807) is 6.07 Å². The van der Waals surface area contributed by atoms with Gasteiger partial charge in [0, 0.05) is 19.6 Å². The van der Waals surface area contributed by atoms with E-state index >= 15 is 0 Å². The molecule has 18 heavy (non-hydrogen) atoms. The van der Waals surface area contributed by atoms with Crippen LogP contribution in [0.15, 0.2) is 12.1 Å². The molecular formula is C12H17ClN4O. The zero-order valence-corrected chi connectivity index (χ0v) is 11.2. The third-order valence-electron chi connectivity index (χ3n) is 2.98. The largest absolute Gasteiger partial charge is 0.342 e. The van der Waals surface area contributed by atoms with Gasteiger partial charge in [-0.05, 0) is 32.0 Å². The Hall–Kier alpha value is -1.20. The Morgan fingerprint density at radius 3 is 2.72 bits per heavy atom. The highest BCUT2D eigenvalue weighted by molar-refractivity contribution is 6.29. The monoisotopic (exact) mass is 268 g/mol. The van der Waals surface area contributed by atoms with Gasteiger partial charge < -0.3 is 4.90 Å². The molecule has 1 aliphatic rings. The van der Waals surface area contributed by atoms with E-state index in [1.807, 2.05) is 22.9 Å². The first kappa shape index (κ1) is 13.2. The minimum Gasteiger partial charge on any atom is -0.342 e. The number of hydrogen-bond donors (Lipinski definition) is 0. The molecule has 2 rings (SSSR count). The molecule has 98 valence electrons. The summed E-state index contributed by atoms with van der Waals surface area (Å²) >= 11 is 5.67. The summed E-state index contributed by atoms with van der Waals surface area (Å²) in [5.74, 6) is 0.192. The van der Waals surface area contributed by atoms with Crippen LogP contribution in [0.3, 0.4) is 0 Å². The summed E-state index contributed by atoms with van der Waals surface area (Å²) in [7, 11) is 1.91. The van der Waals surface area contributed by atoms with Crippen molar-refractivity contribution in [2.24, 2.45) is 0 Å². The zero-order chi connectivity index (χ0) is 13.0. The maximum atomic E-state index is 11.9. The van der Waals surface area contributed by atoms with Crippen LogP contribution in [0, 0.1) is 0 Å². The molecule has 0 atom stereocenters. The third kappa shape index (κ3) is 3.65. The summed E-state index contributed by atoms with van der Waals surface area (Å²) in [6.45, 7) is 2.81. The van der Waals surface area contributed by atoms with E-state index in [-0.39, 0.29) is 5.91 Å². The molecule has 1 amide bonds. The van der Waals surface area contributed by atoms with Crippen molar-refractivity contribution in [2.45, 2.75) is 19.4 Å². The van der Waals surface area contributed by atoms with E-state index in [1.165, 1.54) is 0 Å². The number of carbonyl (C=O) groups excluding carboxylic acids is 1. The lowest BCUT2D eigenvalue weighted by molar-refractivity contribution is -0.131. The summed E-state index contributed by atoms with van der Waals surface area (Å²) in [5.41, 5.74) is 0.816. The highest BCUT2D eigenvalue weighted by atomic mass is 35.5. The average molecular weight is 269 g/mol. The molecule has 1 aromatic heterocycles. The van der Waals surface area contributed by atoms with Gasteiger partial charge in [-0.3, -0.25) is 9.69 Å². The molecule has 0 bridgehead atoms. The average Bonchev–Trinajstić information content (AvgIpc) is 2.85. The van der Waals surface area contributed by atoms with Crippen molar-refractivity contribution in [1.29, 1.82) is 0 Å². The second-order valence-electron chi connectivity index (χ2n) is 4.61. The Balaban J connectivity index is 1.82. The maximum absolute atomic E-state index is 11.9. The van der Waals surface area contributed by atoms with Crippen LogP contribution < -0.4 is 0 Å². The molecule has 1 aromatic rings. The Labute approximate surface area is 112 Å². The van der Waals surface area contributed by atoms with Crippen molar-refractivity contribution < 1.29 is 4.79 Å². The molecule has 0 N–H and O–H groups in total. The molecule has 0 saturated carbocycles. The van der Waals surface area contributed by atoms with Gasteiger partial charge >= 0.3 is 0 Å². The Morgan fingerprint density at radius 2 is 2.11 bits per heavy atom. The summed E-state index contributed by atoms with van der Waals surface area (Å²) in [6.07, 6.45) is 2.25. The van der Waals surface area contributed by atoms with Crippen LogP contribution in [0.1, 0.15) is 18.5 Å². The first-order valence-corrected chi connectivity index (χ1v) is 6.47. The van der Waals surface area contributed by atoms with Gasteiger partial charge in [0.05, 0.1) is 12.2 Å². The molecule has 0 radical (unpaired) electrons. The fraction of sp³-hybridized carbons (Fsp3) is 0.583. The molecular weight excluding hydrogens is 252 g/mol. The van der Waals surface area contributed by atoms with E-state index in [2.05, 4.69) is 10.2 Å². The van der Waals surface area contributed by atoms with Gasteiger partial charge in [-0.15, -0.1) is 5.10 Å². The molecule has 0 aliphatic carbocycles. The van der Waals surface area contributed by atoms with Gasteiger partial charge in [-0.1, -0.05) is 11.6 Å². The van der Waals surface area contributed by atoms with Gasteiger partial charge in [0.1, 0.15) is 0 Å². The van der Waals surface area contributed by atoms with Crippen LogP contribution >= 0.6 is 11.6 Å². The number of amides is 1. The van der Waals surface area contributed by atoms with Crippen molar-refractivity contribution in [3.8, 4) is 0 Å². The summed E-state index contributed by atoms with van der Waals surface area (Å²) < 4.78 is 0. The first-order valence-electron chi connectivity index (χ1n) is 6.09. The second kappa shape index (κ2) is 6.11. The van der Waals surface area contributed by atoms with Crippen molar-refractivity contribution in [1.82, 2.24) is 20.0 Å². The van der Waals surface area contributed by atoms with Gasteiger partial charge in [0.25, 0.3) is 0 Å². The normalized spacial score (nSPS) is 15.4. The third-order valence-corrected chi connectivity index (χ3v) is 3.18. The number of likely N-dealkylation sites (tertiary alicyclic amines) is 1. The summed E-state index contributed by atoms with van der Waals surface area (Å²) in [4.78, 5) is 15.8. The van der Waals surface area contributed by atoms with Crippen LogP contribution in [0.4, 0.5) is 0 Å². The number of halogens is 1. The minimum absolute atomic E-state index is 0.192. The number of hydrogen-bond acceptors (Lipinski definition) is 4. The Kier molecular flexibility index (Phi) is 4.49. The highest BCUT2D eigenvalue weighted by Gasteiger charge is 2.19. The number of nitrogens with zero attached hydrogens (tertiary/aromatic N) is 4. The lowest BCUT2D eigenvalue weighted by Gasteiger charge is -2.20. The minimum atomic E-state index is 0.192. The fourth-order valence-corrected chi connectivity index (χ4v) is 2.16. The Bertz CT molecular complexity index is 403. The van der Waals surface area contributed by atoms with Crippen molar-refractivity contribution in [3.05, 3.63) is 23.0 Å². The van der Waals surface area contributed by atoms with Gasteiger partial charge in [-0.2, -0.15) is 5.10 Å². The van der Waals surface area contributed by atoms with Gasteiger partial charge in [0.2, 0.25) is 5.91 Å². The van der Waals surface area contributed by atoms with Crippen molar-refractivity contribution in [2.75, 3.05) is 26.7 Å². The van der Waals surface area contributed by atoms with Crippen LogP contribution in [-0.2, 0) is 11.3 Å². The highest BCUT2D eigenvalue weighted by Crippen LogP contribution is 2.09. The predicted molar refractivity (Wildman–Crippen MR) is 69.2 cm³/mol. The van der Waals surface area contributed by atoms with E-state index in [0.29, 0.717) is 18.2 Å². The number of rotatable bonds is 4. The van der Waals surface area contributed by atoms with E-state index in [0.717, 1.165) is 31.6 Å². The quantitative estimate of drug-likeness (QED) is 0.823.